The van der Waals surface area contributed by atoms with Gasteiger partial charge in [0, 0.05) is 19.7 Å². The van der Waals surface area contributed by atoms with Crippen molar-refractivity contribution in [2.75, 3.05) is 32.7 Å². The molecule has 34 heavy (non-hydrogen) atoms. The lowest BCUT2D eigenvalue weighted by molar-refractivity contribution is -0.141. The molecule has 0 saturated heterocycles. The molecule has 182 valence electrons. The summed E-state index contributed by atoms with van der Waals surface area (Å²) in [7, 11) is 4.70. The third-order valence-corrected chi connectivity index (χ3v) is 5.64. The van der Waals surface area contributed by atoms with Gasteiger partial charge in [-0.25, -0.2) is 14.8 Å². The molecule has 0 amide bonds. The summed E-state index contributed by atoms with van der Waals surface area (Å²) in [6.07, 6.45) is -4.13. The van der Waals surface area contributed by atoms with E-state index >= 15 is 0 Å². The molecular formula is C22H22F3N3O5S. The second-order valence-electron chi connectivity index (χ2n) is 7.11. The second-order valence-corrected chi connectivity index (χ2v) is 8.05. The lowest BCUT2D eigenvalue weighted by atomic mass is 10.1. The van der Waals surface area contributed by atoms with Crippen LogP contribution in [0.1, 0.15) is 27.6 Å². The summed E-state index contributed by atoms with van der Waals surface area (Å²) >= 11 is 0.918. The highest BCUT2D eigenvalue weighted by molar-refractivity contribution is 7.98. The van der Waals surface area contributed by atoms with Gasteiger partial charge in [0.2, 0.25) is 5.76 Å². The van der Waals surface area contributed by atoms with Crippen LogP contribution in [0.25, 0.3) is 0 Å². The van der Waals surface area contributed by atoms with Gasteiger partial charge in [-0.2, -0.15) is 13.2 Å². The monoisotopic (exact) mass is 497 g/mol. The summed E-state index contributed by atoms with van der Waals surface area (Å²) in [5.41, 5.74) is -0.153. The molecule has 0 fully saturated rings. The number of carboxylic acid groups (broad SMARTS) is 1. The maximum absolute atomic E-state index is 13.4. The number of thioether (sulfide) groups is 1. The minimum Gasteiger partial charge on any atom is -0.493 e. The summed E-state index contributed by atoms with van der Waals surface area (Å²) in [5, 5.41) is 8.83. The van der Waals surface area contributed by atoms with Gasteiger partial charge in [0.05, 0.1) is 20.0 Å². The summed E-state index contributed by atoms with van der Waals surface area (Å²) in [4.78, 5) is 20.4. The van der Waals surface area contributed by atoms with Crippen LogP contribution in [0.3, 0.4) is 0 Å². The number of ether oxygens (including phenoxy) is 2. The molecule has 0 bridgehead atoms. The Morgan fingerprint density at radius 3 is 2.47 bits per heavy atom. The molecule has 0 unspecified atom stereocenters. The third-order valence-electron chi connectivity index (χ3n) is 4.77. The van der Waals surface area contributed by atoms with Crippen molar-refractivity contribution in [3.8, 4) is 11.5 Å². The Labute approximate surface area is 197 Å². The van der Waals surface area contributed by atoms with E-state index < -0.39 is 17.8 Å². The lowest BCUT2D eigenvalue weighted by Crippen LogP contribution is -2.23. The molecule has 12 heteroatoms. The first-order valence-corrected chi connectivity index (χ1v) is 10.9. The Balaban J connectivity index is 1.76. The van der Waals surface area contributed by atoms with Crippen LogP contribution in [-0.2, 0) is 18.3 Å². The predicted octanol–water partition coefficient (Wildman–Crippen LogP) is 4.78. The maximum atomic E-state index is 13.4. The van der Waals surface area contributed by atoms with E-state index in [0.717, 1.165) is 23.4 Å². The molecule has 2 aromatic heterocycles. The molecule has 0 aliphatic heterocycles. The standard InChI is InChI=1S/C22H22F3N3O5S/c1-28(9-8-13-4-6-15(31-2)17(10-13)32-3)19-11-18(22(23,24)25)26-21(27-19)34-12-14-5-7-16(33-14)20(29)30/h4-7,10-11H,8-9,12H2,1-3H3,(H,29,30). The Morgan fingerprint density at radius 2 is 1.85 bits per heavy atom. The number of furan rings is 1. The van der Waals surface area contributed by atoms with Gasteiger partial charge in [-0.3, -0.25) is 0 Å². The zero-order valence-electron chi connectivity index (χ0n) is 18.5. The number of aromatic nitrogens is 2. The second kappa shape index (κ2) is 10.7. The number of aromatic carboxylic acids is 1. The van der Waals surface area contributed by atoms with Gasteiger partial charge in [0.15, 0.2) is 22.3 Å². The van der Waals surface area contributed by atoms with Crippen molar-refractivity contribution in [2.24, 2.45) is 0 Å². The Morgan fingerprint density at radius 1 is 1.12 bits per heavy atom. The van der Waals surface area contributed by atoms with E-state index in [4.69, 9.17) is 19.0 Å². The van der Waals surface area contributed by atoms with Crippen LogP contribution >= 0.6 is 11.8 Å². The number of carbonyl (C=O) groups is 1. The van der Waals surface area contributed by atoms with Crippen molar-refractivity contribution in [3.63, 3.8) is 0 Å². The molecular weight excluding hydrogens is 475 g/mol. The van der Waals surface area contributed by atoms with E-state index in [1.807, 2.05) is 12.1 Å². The minimum atomic E-state index is -4.65. The highest BCUT2D eigenvalue weighted by Crippen LogP contribution is 2.32. The average molecular weight is 497 g/mol. The number of hydrogen-bond donors (Lipinski definition) is 1. The molecule has 0 radical (unpaired) electrons. The molecule has 1 N–H and O–H groups in total. The lowest BCUT2D eigenvalue weighted by Gasteiger charge is -2.20. The number of methoxy groups -OCH3 is 2. The van der Waals surface area contributed by atoms with Crippen molar-refractivity contribution in [1.82, 2.24) is 9.97 Å². The molecule has 0 saturated carbocycles. The summed E-state index contributed by atoms with van der Waals surface area (Å²) in [6, 6.07) is 9.04. The van der Waals surface area contributed by atoms with Crippen molar-refractivity contribution < 1.29 is 37.0 Å². The zero-order valence-corrected chi connectivity index (χ0v) is 19.4. The first kappa shape index (κ1) is 25.2. The molecule has 1 aromatic carbocycles. The summed E-state index contributed by atoms with van der Waals surface area (Å²) in [6.45, 7) is 0.383. The number of likely N-dealkylation sites (N-methyl/N-ethyl adjacent to an activating group) is 1. The van der Waals surface area contributed by atoms with Gasteiger partial charge < -0.3 is 23.9 Å². The molecule has 2 heterocycles. The van der Waals surface area contributed by atoms with Crippen molar-refractivity contribution in [2.45, 2.75) is 23.5 Å². The maximum Gasteiger partial charge on any atom is 0.433 e. The minimum absolute atomic E-state index is 0.0728. The molecule has 8 nitrogen and oxygen atoms in total. The predicted molar refractivity (Wildman–Crippen MR) is 119 cm³/mol. The van der Waals surface area contributed by atoms with Crippen LogP contribution < -0.4 is 14.4 Å². The van der Waals surface area contributed by atoms with E-state index in [-0.39, 0.29) is 28.2 Å². The van der Waals surface area contributed by atoms with Gasteiger partial charge in [-0.1, -0.05) is 17.8 Å². The quantitative estimate of drug-likeness (QED) is 0.314. The number of benzene rings is 1. The zero-order chi connectivity index (χ0) is 24.9. The number of carboxylic acids is 1. The molecule has 0 aliphatic rings. The summed E-state index contributed by atoms with van der Waals surface area (Å²) < 4.78 is 56.0. The van der Waals surface area contributed by atoms with Crippen LogP contribution in [0.4, 0.5) is 19.0 Å². The smallest absolute Gasteiger partial charge is 0.433 e. The van der Waals surface area contributed by atoms with Crippen molar-refractivity contribution in [3.05, 3.63) is 59.2 Å². The summed E-state index contributed by atoms with van der Waals surface area (Å²) in [5.74, 6) is 0.123. The van der Waals surface area contributed by atoms with Gasteiger partial charge in [-0.05, 0) is 36.2 Å². The van der Waals surface area contributed by atoms with Gasteiger partial charge in [0.1, 0.15) is 11.6 Å². The molecule has 0 aliphatic carbocycles. The van der Waals surface area contributed by atoms with Crippen molar-refractivity contribution in [1.29, 1.82) is 0 Å². The SMILES string of the molecule is COc1ccc(CCN(C)c2cc(C(F)(F)F)nc(SCc3ccc(C(=O)O)o3)n2)cc1OC. The van der Waals surface area contributed by atoms with E-state index in [2.05, 4.69) is 9.97 Å². The first-order valence-electron chi connectivity index (χ1n) is 9.94. The number of halogens is 3. The van der Waals surface area contributed by atoms with E-state index in [9.17, 15) is 18.0 Å². The molecule has 3 aromatic rings. The van der Waals surface area contributed by atoms with Crippen molar-refractivity contribution >= 4 is 23.5 Å². The highest BCUT2D eigenvalue weighted by Gasteiger charge is 2.34. The largest absolute Gasteiger partial charge is 0.493 e. The fourth-order valence-corrected chi connectivity index (χ4v) is 3.72. The number of hydrogen-bond acceptors (Lipinski definition) is 8. The number of anilines is 1. The van der Waals surface area contributed by atoms with Crippen LogP contribution in [0.15, 0.2) is 46.0 Å². The third kappa shape index (κ3) is 6.34. The van der Waals surface area contributed by atoms with Gasteiger partial charge in [-0.15, -0.1) is 0 Å². The van der Waals surface area contributed by atoms with Crippen LogP contribution in [0.2, 0.25) is 0 Å². The fourth-order valence-electron chi connectivity index (χ4n) is 2.97. The number of rotatable bonds is 10. The van der Waals surface area contributed by atoms with E-state index in [0.29, 0.717) is 24.5 Å². The Kier molecular flexibility index (Phi) is 7.92. The Bertz CT molecular complexity index is 1150. The topological polar surface area (TPSA) is 97.9 Å². The normalized spacial score (nSPS) is 11.4. The molecule has 0 atom stereocenters. The average Bonchev–Trinajstić information content (AvgIpc) is 3.29. The molecule has 3 rings (SSSR count). The fraction of sp³-hybridized carbons (Fsp3) is 0.318. The van der Waals surface area contributed by atoms with Gasteiger partial charge >= 0.3 is 12.1 Å². The highest BCUT2D eigenvalue weighted by atomic mass is 32.2. The van der Waals surface area contributed by atoms with E-state index in [1.165, 1.54) is 26.4 Å². The number of alkyl halides is 3. The number of nitrogens with zero attached hydrogens (tertiary/aromatic N) is 3. The Hall–Kier alpha value is -3.41. The first-order chi connectivity index (χ1) is 16.1. The van der Waals surface area contributed by atoms with Gasteiger partial charge in [0.25, 0.3) is 0 Å². The van der Waals surface area contributed by atoms with Crippen LogP contribution in [-0.4, -0.2) is 48.9 Å². The molecule has 0 spiro atoms. The van der Waals surface area contributed by atoms with Crippen LogP contribution in [0, 0.1) is 0 Å². The van der Waals surface area contributed by atoms with Crippen LogP contribution in [0.5, 0.6) is 11.5 Å². The van der Waals surface area contributed by atoms with E-state index in [1.54, 1.807) is 18.0 Å².